The van der Waals surface area contributed by atoms with Crippen LogP contribution in [0.25, 0.3) is 6.08 Å². The second-order valence-electron chi connectivity index (χ2n) is 4.66. The van der Waals surface area contributed by atoms with E-state index in [1.165, 1.54) is 0 Å². The second-order valence-corrected chi connectivity index (χ2v) is 4.66. The average molecular weight is 289 g/mol. The lowest BCUT2D eigenvalue weighted by Gasteiger charge is -2.13. The van der Waals surface area contributed by atoms with Crippen molar-refractivity contribution in [3.8, 4) is 12.1 Å². The minimum atomic E-state index is 0.0759. The smallest absolute Gasteiger partial charge is 0.137 e. The fourth-order valence-corrected chi connectivity index (χ4v) is 1.98. The molecular formula is C18H15N3O. The van der Waals surface area contributed by atoms with Crippen LogP contribution in [0, 0.1) is 22.7 Å². The lowest BCUT2D eigenvalue weighted by atomic mass is 10.1. The van der Waals surface area contributed by atoms with Crippen molar-refractivity contribution < 1.29 is 4.74 Å². The Morgan fingerprint density at radius 2 is 1.77 bits per heavy atom. The summed E-state index contributed by atoms with van der Waals surface area (Å²) in [5.74, 6) is 1.24. The highest BCUT2D eigenvalue weighted by Crippen LogP contribution is 2.22. The molecule has 1 aromatic carbocycles. The summed E-state index contributed by atoms with van der Waals surface area (Å²) >= 11 is 0. The molecule has 1 N–H and O–H groups in total. The van der Waals surface area contributed by atoms with Crippen LogP contribution in [0.2, 0.25) is 0 Å². The van der Waals surface area contributed by atoms with Gasteiger partial charge in [0.05, 0.1) is 0 Å². The first-order valence-electron chi connectivity index (χ1n) is 6.74. The third kappa shape index (κ3) is 3.65. The van der Waals surface area contributed by atoms with Crippen LogP contribution >= 0.6 is 0 Å². The van der Waals surface area contributed by atoms with Gasteiger partial charge >= 0.3 is 0 Å². The molecule has 1 aliphatic rings. The summed E-state index contributed by atoms with van der Waals surface area (Å²) in [5, 5.41) is 21.0. The van der Waals surface area contributed by atoms with Gasteiger partial charge in [0, 0.05) is 18.3 Å². The van der Waals surface area contributed by atoms with Crippen molar-refractivity contribution in [1.82, 2.24) is 0 Å². The number of hydrogen-bond acceptors (Lipinski definition) is 4. The summed E-state index contributed by atoms with van der Waals surface area (Å²) in [6.45, 7) is 1.79. The summed E-state index contributed by atoms with van der Waals surface area (Å²) in [7, 11) is 1.87. The SMILES string of the molecule is CNc1ccc(C=CC2=CC(=C(C#N)C#N)C=C(C)O2)cc1. The topological polar surface area (TPSA) is 68.8 Å². The Morgan fingerprint density at radius 1 is 1.09 bits per heavy atom. The predicted octanol–water partition coefficient (Wildman–Crippen LogP) is 3.90. The molecule has 108 valence electrons. The number of rotatable bonds is 3. The average Bonchev–Trinajstić information content (AvgIpc) is 2.54. The van der Waals surface area contributed by atoms with Gasteiger partial charge in [-0.1, -0.05) is 18.2 Å². The van der Waals surface area contributed by atoms with Crippen molar-refractivity contribution in [3.05, 3.63) is 70.7 Å². The standard InChI is InChI=1S/C18H15N3O/c1-13-9-15(16(11-19)12-20)10-18(22-13)8-5-14-3-6-17(21-2)7-4-14/h3-10,21H,1-2H3. The van der Waals surface area contributed by atoms with Crippen LogP contribution in [0.3, 0.4) is 0 Å². The van der Waals surface area contributed by atoms with E-state index >= 15 is 0 Å². The van der Waals surface area contributed by atoms with Crippen LogP contribution in [0.5, 0.6) is 0 Å². The van der Waals surface area contributed by atoms with E-state index in [9.17, 15) is 0 Å². The Kier molecular flexibility index (Phi) is 4.80. The maximum Gasteiger partial charge on any atom is 0.137 e. The van der Waals surface area contributed by atoms with Crippen molar-refractivity contribution in [1.29, 1.82) is 10.5 Å². The third-order valence-corrected chi connectivity index (χ3v) is 3.09. The molecule has 4 heteroatoms. The molecular weight excluding hydrogens is 274 g/mol. The van der Waals surface area contributed by atoms with E-state index in [1.54, 1.807) is 19.1 Å². The van der Waals surface area contributed by atoms with Gasteiger partial charge in [-0.05, 0) is 42.8 Å². The first kappa shape index (κ1) is 15.2. The number of ether oxygens (including phenoxy) is 1. The predicted molar refractivity (Wildman–Crippen MR) is 86.2 cm³/mol. The molecule has 2 rings (SSSR count). The summed E-state index contributed by atoms with van der Waals surface area (Å²) in [5.41, 5.74) is 2.72. The molecule has 4 nitrogen and oxygen atoms in total. The molecule has 0 unspecified atom stereocenters. The van der Waals surface area contributed by atoms with E-state index < -0.39 is 0 Å². The molecule has 0 atom stereocenters. The molecule has 1 aliphatic heterocycles. The molecule has 22 heavy (non-hydrogen) atoms. The number of anilines is 1. The number of nitriles is 2. The van der Waals surface area contributed by atoms with Crippen LogP contribution in [0.4, 0.5) is 5.69 Å². The quantitative estimate of drug-likeness (QED) is 0.857. The minimum absolute atomic E-state index is 0.0759. The van der Waals surface area contributed by atoms with Gasteiger partial charge < -0.3 is 10.1 Å². The maximum atomic E-state index is 8.95. The zero-order valence-electron chi connectivity index (χ0n) is 12.4. The fourth-order valence-electron chi connectivity index (χ4n) is 1.98. The van der Waals surface area contributed by atoms with Crippen LogP contribution in [-0.2, 0) is 4.74 Å². The third-order valence-electron chi connectivity index (χ3n) is 3.09. The van der Waals surface area contributed by atoms with E-state index in [1.807, 2.05) is 55.6 Å². The zero-order valence-corrected chi connectivity index (χ0v) is 12.4. The van der Waals surface area contributed by atoms with Crippen molar-refractivity contribution in [2.75, 3.05) is 12.4 Å². The van der Waals surface area contributed by atoms with Crippen molar-refractivity contribution in [2.24, 2.45) is 0 Å². The number of nitrogens with zero attached hydrogens (tertiary/aromatic N) is 2. The van der Waals surface area contributed by atoms with Gasteiger partial charge in [-0.25, -0.2) is 0 Å². The Labute approximate surface area is 129 Å². The molecule has 0 bridgehead atoms. The lowest BCUT2D eigenvalue weighted by molar-refractivity contribution is 0.318. The van der Waals surface area contributed by atoms with E-state index in [-0.39, 0.29) is 5.57 Å². The molecule has 0 radical (unpaired) electrons. The highest BCUT2D eigenvalue weighted by Gasteiger charge is 2.10. The fraction of sp³-hybridized carbons (Fsp3) is 0.111. The van der Waals surface area contributed by atoms with Crippen LogP contribution in [0.1, 0.15) is 12.5 Å². The molecule has 0 aromatic heterocycles. The molecule has 0 saturated carbocycles. The minimum Gasteiger partial charge on any atom is -0.462 e. The van der Waals surface area contributed by atoms with Crippen molar-refractivity contribution >= 4 is 11.8 Å². The van der Waals surface area contributed by atoms with Gasteiger partial charge in [-0.15, -0.1) is 0 Å². The molecule has 1 heterocycles. The van der Waals surface area contributed by atoms with Gasteiger partial charge in [-0.3, -0.25) is 0 Å². The molecule has 0 amide bonds. The van der Waals surface area contributed by atoms with Crippen molar-refractivity contribution in [3.63, 3.8) is 0 Å². The summed E-state index contributed by atoms with van der Waals surface area (Å²) in [6, 6.07) is 11.7. The normalized spacial score (nSPS) is 13.5. The zero-order chi connectivity index (χ0) is 15.9. The Bertz CT molecular complexity index is 750. The summed E-state index contributed by atoms with van der Waals surface area (Å²) in [4.78, 5) is 0. The molecule has 1 aromatic rings. The van der Waals surface area contributed by atoms with Gasteiger partial charge in [0.15, 0.2) is 0 Å². The van der Waals surface area contributed by atoms with Crippen LogP contribution < -0.4 is 5.32 Å². The van der Waals surface area contributed by atoms with Crippen LogP contribution in [0.15, 0.2) is 65.2 Å². The lowest BCUT2D eigenvalue weighted by Crippen LogP contribution is -1.97. The molecule has 0 spiro atoms. The van der Waals surface area contributed by atoms with E-state index in [0.29, 0.717) is 17.1 Å². The summed E-state index contributed by atoms with van der Waals surface area (Å²) < 4.78 is 5.59. The second kappa shape index (κ2) is 6.97. The van der Waals surface area contributed by atoms with E-state index in [4.69, 9.17) is 15.3 Å². The maximum absolute atomic E-state index is 8.95. The van der Waals surface area contributed by atoms with Crippen LogP contribution in [-0.4, -0.2) is 7.05 Å². The molecule has 0 saturated heterocycles. The highest BCUT2D eigenvalue weighted by atomic mass is 16.5. The number of hydrogen-bond donors (Lipinski definition) is 1. The van der Waals surface area contributed by atoms with Gasteiger partial charge in [0.25, 0.3) is 0 Å². The first-order valence-corrected chi connectivity index (χ1v) is 6.74. The Balaban J connectivity index is 2.25. The van der Waals surface area contributed by atoms with E-state index in [0.717, 1.165) is 11.3 Å². The highest BCUT2D eigenvalue weighted by molar-refractivity contribution is 5.59. The van der Waals surface area contributed by atoms with Gasteiger partial charge in [-0.2, -0.15) is 10.5 Å². The largest absolute Gasteiger partial charge is 0.462 e. The van der Waals surface area contributed by atoms with Gasteiger partial charge in [0.2, 0.25) is 0 Å². The molecule has 0 fully saturated rings. The van der Waals surface area contributed by atoms with Gasteiger partial charge in [0.1, 0.15) is 29.2 Å². The summed E-state index contributed by atoms with van der Waals surface area (Å²) in [6.07, 6.45) is 7.10. The number of benzene rings is 1. The number of allylic oxidation sites excluding steroid dienone is 6. The Hall–Kier alpha value is -3.24. The van der Waals surface area contributed by atoms with Crippen molar-refractivity contribution in [2.45, 2.75) is 6.92 Å². The monoisotopic (exact) mass is 289 g/mol. The Morgan fingerprint density at radius 3 is 2.36 bits per heavy atom. The number of nitrogens with one attached hydrogen (secondary N) is 1. The first-order chi connectivity index (χ1) is 10.7. The molecule has 0 aliphatic carbocycles. The van der Waals surface area contributed by atoms with E-state index in [2.05, 4.69) is 5.32 Å².